The van der Waals surface area contributed by atoms with Crippen molar-refractivity contribution in [3.8, 4) is 0 Å². The van der Waals surface area contributed by atoms with Gasteiger partial charge in [-0.2, -0.15) is 0 Å². The van der Waals surface area contributed by atoms with E-state index in [0.717, 1.165) is 6.07 Å². The highest BCUT2D eigenvalue weighted by atomic mass is 35.5. The number of aliphatic hydroxyl groups excluding tert-OH is 1. The molecule has 1 atom stereocenters. The van der Waals surface area contributed by atoms with Crippen LogP contribution in [0.5, 0.6) is 0 Å². The topological polar surface area (TPSA) is 20.2 Å². The smallest absolute Gasteiger partial charge is 0.142 e. The lowest BCUT2D eigenvalue weighted by molar-refractivity contribution is 0.199. The monoisotopic (exact) mass is 208 g/mol. The van der Waals surface area contributed by atoms with Gasteiger partial charge in [0, 0.05) is 10.6 Å². The van der Waals surface area contributed by atoms with Crippen LogP contribution in [0.4, 0.5) is 4.39 Å². The summed E-state index contributed by atoms with van der Waals surface area (Å²) in [6, 6.07) is 2.41. The Morgan fingerprint density at radius 2 is 1.92 bits per heavy atom. The van der Waals surface area contributed by atoms with Crippen molar-refractivity contribution in [2.45, 2.75) is 13.0 Å². The second-order valence-corrected chi connectivity index (χ2v) is 3.28. The molecule has 0 fully saturated rings. The Morgan fingerprint density at radius 1 is 1.33 bits per heavy atom. The lowest BCUT2D eigenvalue weighted by Crippen LogP contribution is -1.93. The Hall–Kier alpha value is -0.310. The molecule has 1 aromatic carbocycles. The molecule has 0 radical (unpaired) electrons. The maximum Gasteiger partial charge on any atom is 0.142 e. The maximum absolute atomic E-state index is 12.8. The molecule has 0 aromatic heterocycles. The van der Waals surface area contributed by atoms with Crippen molar-refractivity contribution in [1.29, 1.82) is 0 Å². The van der Waals surface area contributed by atoms with Crippen molar-refractivity contribution in [2.75, 3.05) is 0 Å². The largest absolute Gasteiger partial charge is 0.389 e. The molecule has 1 unspecified atom stereocenters. The van der Waals surface area contributed by atoms with E-state index in [2.05, 4.69) is 0 Å². The molecule has 0 bridgehead atoms. The third-order valence-electron chi connectivity index (χ3n) is 1.49. The van der Waals surface area contributed by atoms with Crippen molar-refractivity contribution < 1.29 is 9.50 Å². The van der Waals surface area contributed by atoms with Crippen molar-refractivity contribution in [1.82, 2.24) is 0 Å². The Kier molecular flexibility index (Phi) is 2.94. The van der Waals surface area contributed by atoms with Gasteiger partial charge in [-0.1, -0.05) is 23.2 Å². The Labute approximate surface area is 79.7 Å². The third-order valence-corrected chi connectivity index (χ3v) is 2.11. The van der Waals surface area contributed by atoms with Crippen LogP contribution in [0.15, 0.2) is 12.1 Å². The molecule has 0 spiro atoms. The van der Waals surface area contributed by atoms with E-state index in [1.807, 2.05) is 0 Å². The van der Waals surface area contributed by atoms with Gasteiger partial charge in [-0.15, -0.1) is 0 Å². The standard InChI is InChI=1S/C8H7Cl2FO/c1-4(12)5-2-8(11)7(10)3-6(5)9/h2-4,12H,1H3. The first-order chi connectivity index (χ1) is 5.52. The molecule has 0 saturated carbocycles. The van der Waals surface area contributed by atoms with E-state index in [1.54, 1.807) is 0 Å². The van der Waals surface area contributed by atoms with E-state index in [1.165, 1.54) is 13.0 Å². The molecule has 66 valence electrons. The first-order valence-corrected chi connectivity index (χ1v) is 4.10. The highest BCUT2D eigenvalue weighted by molar-refractivity contribution is 6.35. The minimum atomic E-state index is -0.788. The lowest BCUT2D eigenvalue weighted by Gasteiger charge is -2.07. The Bertz CT molecular complexity index is 299. The fourth-order valence-corrected chi connectivity index (χ4v) is 1.40. The van der Waals surface area contributed by atoms with E-state index in [0.29, 0.717) is 5.56 Å². The highest BCUT2D eigenvalue weighted by Crippen LogP contribution is 2.28. The van der Waals surface area contributed by atoms with E-state index in [4.69, 9.17) is 28.3 Å². The lowest BCUT2D eigenvalue weighted by atomic mass is 10.1. The number of halogens is 3. The summed E-state index contributed by atoms with van der Waals surface area (Å²) in [6.45, 7) is 1.51. The van der Waals surface area contributed by atoms with Crippen molar-refractivity contribution >= 4 is 23.2 Å². The predicted molar refractivity (Wildman–Crippen MR) is 47.1 cm³/mol. The Balaban J connectivity index is 3.23. The molecule has 4 heteroatoms. The molecule has 12 heavy (non-hydrogen) atoms. The van der Waals surface area contributed by atoms with E-state index in [-0.39, 0.29) is 10.0 Å². The fraction of sp³-hybridized carbons (Fsp3) is 0.250. The molecule has 1 rings (SSSR count). The predicted octanol–water partition coefficient (Wildman–Crippen LogP) is 3.19. The number of benzene rings is 1. The van der Waals surface area contributed by atoms with Crippen LogP contribution in [0, 0.1) is 5.82 Å². The van der Waals surface area contributed by atoms with Gasteiger partial charge in [0.2, 0.25) is 0 Å². The molecule has 1 N–H and O–H groups in total. The molecule has 1 nitrogen and oxygen atoms in total. The van der Waals surface area contributed by atoms with Gasteiger partial charge in [-0.3, -0.25) is 0 Å². The molecule has 0 aliphatic heterocycles. The van der Waals surface area contributed by atoms with Crippen LogP contribution in [0.25, 0.3) is 0 Å². The quantitative estimate of drug-likeness (QED) is 0.704. The highest BCUT2D eigenvalue weighted by Gasteiger charge is 2.10. The summed E-state index contributed by atoms with van der Waals surface area (Å²) < 4.78 is 12.8. The molecule has 0 amide bonds. The molecule has 0 aliphatic rings. The third kappa shape index (κ3) is 1.89. The zero-order valence-corrected chi connectivity index (χ0v) is 7.83. The van der Waals surface area contributed by atoms with Gasteiger partial charge >= 0.3 is 0 Å². The zero-order valence-electron chi connectivity index (χ0n) is 6.31. The van der Waals surface area contributed by atoms with Gasteiger partial charge in [-0.05, 0) is 19.1 Å². The van der Waals surface area contributed by atoms with Gasteiger partial charge < -0.3 is 5.11 Å². The van der Waals surface area contributed by atoms with Crippen LogP contribution in [0.2, 0.25) is 10.0 Å². The summed E-state index contributed by atoms with van der Waals surface area (Å²) in [5.74, 6) is -0.572. The Morgan fingerprint density at radius 3 is 2.42 bits per heavy atom. The molecule has 0 aliphatic carbocycles. The summed E-state index contributed by atoms with van der Waals surface area (Å²) in [6.07, 6.45) is -0.788. The summed E-state index contributed by atoms with van der Waals surface area (Å²) >= 11 is 11.1. The van der Waals surface area contributed by atoms with Crippen LogP contribution in [0.1, 0.15) is 18.6 Å². The van der Waals surface area contributed by atoms with Gasteiger partial charge in [0.15, 0.2) is 0 Å². The molecule has 1 aromatic rings. The van der Waals surface area contributed by atoms with Crippen LogP contribution >= 0.6 is 23.2 Å². The summed E-state index contributed by atoms with van der Waals surface area (Å²) in [7, 11) is 0. The zero-order chi connectivity index (χ0) is 9.30. The first kappa shape index (κ1) is 9.78. The number of hydrogen-bond acceptors (Lipinski definition) is 1. The van der Waals surface area contributed by atoms with Crippen LogP contribution in [0.3, 0.4) is 0 Å². The molecular weight excluding hydrogens is 202 g/mol. The number of aliphatic hydroxyl groups is 1. The summed E-state index contributed by atoms with van der Waals surface area (Å²) in [5.41, 5.74) is 0.346. The minimum absolute atomic E-state index is 0.0376. The van der Waals surface area contributed by atoms with E-state index >= 15 is 0 Å². The average Bonchev–Trinajstić information content (AvgIpc) is 1.96. The second-order valence-electron chi connectivity index (χ2n) is 2.46. The van der Waals surface area contributed by atoms with Gasteiger partial charge in [0.1, 0.15) is 5.82 Å². The van der Waals surface area contributed by atoms with E-state index in [9.17, 15) is 4.39 Å². The first-order valence-electron chi connectivity index (χ1n) is 3.35. The van der Waals surface area contributed by atoms with Crippen molar-refractivity contribution in [3.63, 3.8) is 0 Å². The number of rotatable bonds is 1. The van der Waals surface area contributed by atoms with Crippen molar-refractivity contribution in [2.24, 2.45) is 0 Å². The van der Waals surface area contributed by atoms with Crippen molar-refractivity contribution in [3.05, 3.63) is 33.6 Å². The number of hydrogen-bond donors (Lipinski definition) is 1. The van der Waals surface area contributed by atoms with Crippen LogP contribution in [-0.2, 0) is 0 Å². The SMILES string of the molecule is CC(O)c1cc(F)c(Cl)cc1Cl. The minimum Gasteiger partial charge on any atom is -0.389 e. The van der Waals surface area contributed by atoms with Crippen LogP contribution in [-0.4, -0.2) is 5.11 Å². The summed E-state index contributed by atoms with van der Waals surface area (Å²) in [4.78, 5) is 0. The molecule has 0 saturated heterocycles. The molecular formula is C8H7Cl2FO. The summed E-state index contributed by atoms with van der Waals surface area (Å²) in [5, 5.41) is 9.36. The second kappa shape index (κ2) is 3.60. The van der Waals surface area contributed by atoms with Gasteiger partial charge in [-0.25, -0.2) is 4.39 Å². The average molecular weight is 209 g/mol. The van der Waals surface area contributed by atoms with E-state index < -0.39 is 11.9 Å². The molecule has 0 heterocycles. The van der Waals surface area contributed by atoms with Gasteiger partial charge in [0.05, 0.1) is 11.1 Å². The van der Waals surface area contributed by atoms with Crippen LogP contribution < -0.4 is 0 Å². The maximum atomic E-state index is 12.8. The van der Waals surface area contributed by atoms with Gasteiger partial charge in [0.25, 0.3) is 0 Å². The fourth-order valence-electron chi connectivity index (χ4n) is 0.858. The normalized spacial score (nSPS) is 13.1.